The molecular weight excluding hydrogens is 206 g/mol. The van der Waals surface area contributed by atoms with Gasteiger partial charge in [-0.2, -0.15) is 0 Å². The van der Waals surface area contributed by atoms with Crippen LogP contribution in [-0.2, 0) is 6.54 Å². The van der Waals surface area contributed by atoms with Crippen molar-refractivity contribution in [1.29, 1.82) is 0 Å². The van der Waals surface area contributed by atoms with Gasteiger partial charge in [0.05, 0.1) is 0 Å². The van der Waals surface area contributed by atoms with E-state index in [0.717, 1.165) is 6.54 Å². The lowest BCUT2D eigenvalue weighted by Gasteiger charge is -2.13. The van der Waals surface area contributed by atoms with Crippen LogP contribution in [0.15, 0.2) is 42.6 Å². The van der Waals surface area contributed by atoms with Crippen LogP contribution in [-0.4, -0.2) is 4.57 Å². The normalized spacial score (nSPS) is 18.0. The molecule has 1 heterocycles. The molecule has 1 unspecified atom stereocenters. The van der Waals surface area contributed by atoms with E-state index in [4.69, 9.17) is 0 Å². The SMILES string of the molecule is CCn1cccc1C1=Cc2ccccc2C1C. The first-order chi connectivity index (χ1) is 8.31. The maximum absolute atomic E-state index is 2.33. The van der Waals surface area contributed by atoms with Crippen molar-refractivity contribution < 1.29 is 0 Å². The summed E-state index contributed by atoms with van der Waals surface area (Å²) in [6.07, 6.45) is 4.49. The van der Waals surface area contributed by atoms with Crippen LogP contribution in [0.3, 0.4) is 0 Å². The number of aromatic nitrogens is 1. The van der Waals surface area contributed by atoms with Crippen LogP contribution in [0.1, 0.15) is 36.6 Å². The van der Waals surface area contributed by atoms with Crippen molar-refractivity contribution in [2.75, 3.05) is 0 Å². The number of rotatable bonds is 2. The van der Waals surface area contributed by atoms with Crippen molar-refractivity contribution in [3.8, 4) is 0 Å². The van der Waals surface area contributed by atoms with E-state index in [1.165, 1.54) is 22.4 Å². The standard InChI is InChI=1S/C16H17N/c1-3-17-10-6-9-16(17)15-11-13-7-4-5-8-14(13)12(15)2/h4-12H,3H2,1-2H3. The summed E-state index contributed by atoms with van der Waals surface area (Å²) in [5.41, 5.74) is 5.62. The number of benzene rings is 1. The number of fused-ring (bicyclic) bond motifs is 1. The molecule has 0 fully saturated rings. The number of hydrogen-bond donors (Lipinski definition) is 0. The second-order valence-electron chi connectivity index (χ2n) is 4.63. The molecular formula is C16H17N. The summed E-state index contributed by atoms with van der Waals surface area (Å²) in [5.74, 6) is 0.506. The molecule has 1 aliphatic rings. The number of nitrogens with zero attached hydrogens (tertiary/aromatic N) is 1. The largest absolute Gasteiger partial charge is 0.348 e. The molecule has 0 saturated heterocycles. The van der Waals surface area contributed by atoms with E-state index in [9.17, 15) is 0 Å². The minimum atomic E-state index is 0.506. The summed E-state index contributed by atoms with van der Waals surface area (Å²) >= 11 is 0. The van der Waals surface area contributed by atoms with Crippen LogP contribution in [0.4, 0.5) is 0 Å². The zero-order valence-corrected chi connectivity index (χ0v) is 10.4. The van der Waals surface area contributed by atoms with E-state index in [1.54, 1.807) is 0 Å². The van der Waals surface area contributed by atoms with Gasteiger partial charge in [0.2, 0.25) is 0 Å². The van der Waals surface area contributed by atoms with Crippen LogP contribution in [0.2, 0.25) is 0 Å². The predicted octanol–water partition coefficient (Wildman–Crippen LogP) is 4.17. The molecule has 0 bridgehead atoms. The van der Waals surface area contributed by atoms with E-state index in [2.05, 4.69) is 67.1 Å². The Morgan fingerprint density at radius 3 is 2.71 bits per heavy atom. The van der Waals surface area contributed by atoms with E-state index < -0.39 is 0 Å². The van der Waals surface area contributed by atoms with E-state index in [-0.39, 0.29) is 0 Å². The van der Waals surface area contributed by atoms with Crippen LogP contribution in [0.5, 0.6) is 0 Å². The molecule has 0 saturated carbocycles. The van der Waals surface area contributed by atoms with Gasteiger partial charge in [-0.1, -0.05) is 31.2 Å². The first-order valence-corrected chi connectivity index (χ1v) is 6.27. The van der Waals surface area contributed by atoms with Crippen LogP contribution >= 0.6 is 0 Å². The van der Waals surface area contributed by atoms with E-state index in [1.807, 2.05) is 0 Å². The molecule has 0 amide bonds. The van der Waals surface area contributed by atoms with Gasteiger partial charge in [0.1, 0.15) is 0 Å². The van der Waals surface area contributed by atoms with Crippen LogP contribution < -0.4 is 0 Å². The third-order valence-corrected chi connectivity index (χ3v) is 3.71. The van der Waals surface area contributed by atoms with Crippen molar-refractivity contribution in [2.24, 2.45) is 0 Å². The van der Waals surface area contributed by atoms with Crippen LogP contribution in [0, 0.1) is 0 Å². The second kappa shape index (κ2) is 3.92. The molecule has 1 atom stereocenters. The molecule has 1 aromatic carbocycles. The summed E-state index contributed by atoms with van der Waals surface area (Å²) in [6, 6.07) is 13.0. The molecule has 3 rings (SSSR count). The Bertz CT molecular complexity index is 575. The highest BCUT2D eigenvalue weighted by atomic mass is 15.0. The Morgan fingerprint density at radius 1 is 1.12 bits per heavy atom. The van der Waals surface area contributed by atoms with Crippen LogP contribution in [0.25, 0.3) is 11.6 Å². The first kappa shape index (κ1) is 10.4. The maximum atomic E-state index is 2.33. The predicted molar refractivity (Wildman–Crippen MR) is 72.8 cm³/mol. The zero-order valence-electron chi connectivity index (χ0n) is 10.4. The molecule has 17 heavy (non-hydrogen) atoms. The quantitative estimate of drug-likeness (QED) is 0.720. The molecule has 0 N–H and O–H groups in total. The second-order valence-corrected chi connectivity index (χ2v) is 4.63. The van der Waals surface area contributed by atoms with Gasteiger partial charge in [0.25, 0.3) is 0 Å². The van der Waals surface area contributed by atoms with Gasteiger partial charge < -0.3 is 4.57 Å². The molecule has 1 aromatic heterocycles. The lowest BCUT2D eigenvalue weighted by Crippen LogP contribution is -2.01. The Kier molecular flexibility index (Phi) is 2.40. The molecule has 0 spiro atoms. The van der Waals surface area contributed by atoms with Gasteiger partial charge in [-0.15, -0.1) is 0 Å². The van der Waals surface area contributed by atoms with Gasteiger partial charge in [-0.25, -0.2) is 0 Å². The topological polar surface area (TPSA) is 4.93 Å². The minimum Gasteiger partial charge on any atom is -0.348 e. The Morgan fingerprint density at radius 2 is 1.94 bits per heavy atom. The minimum absolute atomic E-state index is 0.506. The summed E-state index contributed by atoms with van der Waals surface area (Å²) < 4.78 is 2.31. The molecule has 0 aliphatic heterocycles. The highest BCUT2D eigenvalue weighted by Crippen LogP contribution is 2.41. The van der Waals surface area contributed by atoms with Gasteiger partial charge in [-0.3, -0.25) is 0 Å². The number of aryl methyl sites for hydroxylation is 1. The fraction of sp³-hybridized carbons (Fsp3) is 0.250. The Labute approximate surface area is 102 Å². The lowest BCUT2D eigenvalue weighted by atomic mass is 9.96. The molecule has 1 heteroatoms. The third-order valence-electron chi connectivity index (χ3n) is 3.71. The highest BCUT2D eigenvalue weighted by molar-refractivity contribution is 5.90. The third kappa shape index (κ3) is 1.54. The fourth-order valence-corrected chi connectivity index (χ4v) is 2.74. The zero-order chi connectivity index (χ0) is 11.8. The van der Waals surface area contributed by atoms with Gasteiger partial charge in [-0.05, 0) is 41.8 Å². The van der Waals surface area contributed by atoms with E-state index in [0.29, 0.717) is 5.92 Å². The number of allylic oxidation sites excluding steroid dienone is 1. The first-order valence-electron chi connectivity index (χ1n) is 6.27. The van der Waals surface area contributed by atoms with Crippen molar-refractivity contribution in [3.05, 3.63) is 59.4 Å². The summed E-state index contributed by atoms with van der Waals surface area (Å²) in [4.78, 5) is 0. The maximum Gasteiger partial charge on any atom is 0.0445 e. The average molecular weight is 223 g/mol. The molecule has 2 aromatic rings. The van der Waals surface area contributed by atoms with Crippen molar-refractivity contribution >= 4 is 11.6 Å². The molecule has 1 aliphatic carbocycles. The summed E-state index contributed by atoms with van der Waals surface area (Å²) in [5, 5.41) is 0. The fourth-order valence-electron chi connectivity index (χ4n) is 2.74. The van der Waals surface area contributed by atoms with Crippen molar-refractivity contribution in [3.63, 3.8) is 0 Å². The smallest absolute Gasteiger partial charge is 0.0445 e. The van der Waals surface area contributed by atoms with Gasteiger partial charge in [0.15, 0.2) is 0 Å². The van der Waals surface area contributed by atoms with E-state index >= 15 is 0 Å². The van der Waals surface area contributed by atoms with Gasteiger partial charge >= 0.3 is 0 Å². The summed E-state index contributed by atoms with van der Waals surface area (Å²) in [6.45, 7) is 5.52. The van der Waals surface area contributed by atoms with Gasteiger partial charge in [0, 0.05) is 24.4 Å². The lowest BCUT2D eigenvalue weighted by molar-refractivity contribution is 0.752. The Balaban J connectivity index is 2.09. The monoisotopic (exact) mass is 223 g/mol. The average Bonchev–Trinajstić information content (AvgIpc) is 2.94. The highest BCUT2D eigenvalue weighted by Gasteiger charge is 2.23. The summed E-state index contributed by atoms with van der Waals surface area (Å²) in [7, 11) is 0. The molecule has 0 radical (unpaired) electrons. The van der Waals surface area contributed by atoms with Crippen molar-refractivity contribution in [1.82, 2.24) is 4.57 Å². The Hall–Kier alpha value is -1.76. The van der Waals surface area contributed by atoms with Crippen molar-refractivity contribution in [2.45, 2.75) is 26.3 Å². The number of hydrogen-bond acceptors (Lipinski definition) is 0. The molecule has 1 nitrogen and oxygen atoms in total. The molecule has 86 valence electrons.